The van der Waals surface area contributed by atoms with Crippen LogP contribution in [0.15, 0.2) is 36.8 Å². The summed E-state index contributed by atoms with van der Waals surface area (Å²) in [5.41, 5.74) is 1.64. The van der Waals surface area contributed by atoms with Crippen molar-refractivity contribution in [1.29, 1.82) is 0 Å². The minimum atomic E-state index is -0.630. The molecule has 1 N–H and O–H groups in total. The number of aliphatic hydroxyl groups excluding tert-OH is 1. The fraction of sp³-hybridized carbons (Fsp3) is 0.450. The van der Waals surface area contributed by atoms with Crippen molar-refractivity contribution in [3.8, 4) is 0 Å². The molecule has 0 aliphatic carbocycles. The summed E-state index contributed by atoms with van der Waals surface area (Å²) in [4.78, 5) is 15.7. The molecule has 2 saturated heterocycles. The summed E-state index contributed by atoms with van der Waals surface area (Å²) in [5, 5.41) is 25.0. The highest BCUT2D eigenvalue weighted by Crippen LogP contribution is 2.32. The number of ether oxygens (including phenoxy) is 1. The van der Waals surface area contributed by atoms with Gasteiger partial charge in [0.25, 0.3) is 0 Å². The lowest BCUT2D eigenvalue weighted by atomic mass is 10.0. The summed E-state index contributed by atoms with van der Waals surface area (Å²) in [6.45, 7) is 1.87. The number of anilines is 1. The van der Waals surface area contributed by atoms with E-state index in [1.54, 1.807) is 23.1 Å². The first-order valence-electron chi connectivity index (χ1n) is 10.5. The van der Waals surface area contributed by atoms with Crippen LogP contribution in [0.5, 0.6) is 0 Å². The molecule has 11 nitrogen and oxygen atoms in total. The Morgan fingerprint density at radius 1 is 1.22 bits per heavy atom. The van der Waals surface area contributed by atoms with Crippen LogP contribution in [-0.2, 0) is 11.3 Å². The third-order valence-electron chi connectivity index (χ3n) is 5.95. The summed E-state index contributed by atoms with van der Waals surface area (Å²) in [6, 6.07) is 5.17. The lowest BCUT2D eigenvalue weighted by molar-refractivity contribution is 0.139. The van der Waals surface area contributed by atoms with Crippen molar-refractivity contribution in [1.82, 2.24) is 34.9 Å². The molecule has 12 heteroatoms. The van der Waals surface area contributed by atoms with E-state index in [9.17, 15) is 9.90 Å². The zero-order valence-corrected chi connectivity index (χ0v) is 17.3. The SMILES string of the molecule is O=C1OCCN1[C@@H](c1ccc(N2CCC(n3cc(CO)nn3)CC2)c(F)c1)n1ccnn1. The first kappa shape index (κ1) is 20.4. The zero-order valence-electron chi connectivity index (χ0n) is 17.3. The molecule has 2 aliphatic rings. The van der Waals surface area contributed by atoms with Gasteiger partial charge in [0.2, 0.25) is 0 Å². The number of nitrogens with zero attached hydrogens (tertiary/aromatic N) is 8. The van der Waals surface area contributed by atoms with Gasteiger partial charge in [-0.05, 0) is 30.5 Å². The molecule has 5 rings (SSSR count). The number of halogens is 1. The van der Waals surface area contributed by atoms with Gasteiger partial charge < -0.3 is 14.7 Å². The number of rotatable bonds is 6. The average Bonchev–Trinajstić information content (AvgIpc) is 3.58. The monoisotopic (exact) mass is 442 g/mol. The van der Waals surface area contributed by atoms with Crippen LogP contribution in [0, 0.1) is 5.82 Å². The minimum absolute atomic E-state index is 0.138. The van der Waals surface area contributed by atoms with E-state index in [4.69, 9.17) is 4.74 Å². The maximum Gasteiger partial charge on any atom is 0.411 e. The number of carbonyl (C=O) groups is 1. The summed E-state index contributed by atoms with van der Waals surface area (Å²) in [7, 11) is 0. The molecule has 3 aromatic rings. The van der Waals surface area contributed by atoms with Crippen molar-refractivity contribution in [3.05, 3.63) is 53.9 Å². The molecule has 2 aliphatic heterocycles. The Balaban J connectivity index is 1.33. The van der Waals surface area contributed by atoms with Gasteiger partial charge in [0.15, 0.2) is 6.17 Å². The second-order valence-electron chi connectivity index (χ2n) is 7.84. The Labute approximate surface area is 183 Å². The minimum Gasteiger partial charge on any atom is -0.447 e. The molecule has 0 radical (unpaired) electrons. The van der Waals surface area contributed by atoms with Crippen molar-refractivity contribution in [2.45, 2.75) is 31.7 Å². The second-order valence-corrected chi connectivity index (χ2v) is 7.84. The molecule has 2 fully saturated rings. The molecular formula is C20H23FN8O3. The molecule has 1 amide bonds. The van der Waals surface area contributed by atoms with Gasteiger partial charge >= 0.3 is 6.09 Å². The van der Waals surface area contributed by atoms with Gasteiger partial charge in [0, 0.05) is 19.3 Å². The van der Waals surface area contributed by atoms with Crippen LogP contribution in [0.4, 0.5) is 14.9 Å². The Hall–Kier alpha value is -3.54. The largest absolute Gasteiger partial charge is 0.447 e. The van der Waals surface area contributed by atoms with Crippen LogP contribution in [0.25, 0.3) is 0 Å². The van der Waals surface area contributed by atoms with Crippen LogP contribution in [0.1, 0.15) is 36.3 Å². The topological polar surface area (TPSA) is 114 Å². The van der Waals surface area contributed by atoms with Gasteiger partial charge in [-0.2, -0.15) is 0 Å². The van der Waals surface area contributed by atoms with Gasteiger partial charge in [0.05, 0.1) is 37.3 Å². The number of aliphatic hydroxyl groups is 1. The van der Waals surface area contributed by atoms with E-state index in [0.717, 1.165) is 12.8 Å². The summed E-state index contributed by atoms with van der Waals surface area (Å²) in [6.07, 6.45) is 5.39. The van der Waals surface area contributed by atoms with E-state index < -0.39 is 12.3 Å². The lowest BCUT2D eigenvalue weighted by Crippen LogP contribution is -2.36. The molecule has 2 aromatic heterocycles. The second kappa shape index (κ2) is 8.54. The molecule has 1 aromatic carbocycles. The van der Waals surface area contributed by atoms with Gasteiger partial charge in [0.1, 0.15) is 18.1 Å². The fourth-order valence-corrected chi connectivity index (χ4v) is 4.33. The number of hydrogen-bond donors (Lipinski definition) is 1. The van der Waals surface area contributed by atoms with E-state index in [-0.39, 0.29) is 25.1 Å². The van der Waals surface area contributed by atoms with Crippen LogP contribution < -0.4 is 4.90 Å². The molecule has 32 heavy (non-hydrogen) atoms. The number of piperidine rings is 1. The van der Waals surface area contributed by atoms with Gasteiger partial charge in [-0.3, -0.25) is 4.90 Å². The lowest BCUT2D eigenvalue weighted by Gasteiger charge is -2.34. The quantitative estimate of drug-likeness (QED) is 0.608. The van der Waals surface area contributed by atoms with Gasteiger partial charge in [-0.1, -0.05) is 16.5 Å². The Morgan fingerprint density at radius 2 is 2.06 bits per heavy atom. The molecule has 168 valence electrons. The average molecular weight is 442 g/mol. The van der Waals surface area contributed by atoms with Crippen molar-refractivity contribution in [3.63, 3.8) is 0 Å². The van der Waals surface area contributed by atoms with Crippen molar-refractivity contribution in [2.24, 2.45) is 0 Å². The summed E-state index contributed by atoms with van der Waals surface area (Å²) < 4.78 is 23.6. The predicted molar refractivity (Wildman–Crippen MR) is 109 cm³/mol. The summed E-state index contributed by atoms with van der Waals surface area (Å²) >= 11 is 0. The van der Waals surface area contributed by atoms with Crippen LogP contribution >= 0.6 is 0 Å². The molecule has 0 unspecified atom stereocenters. The normalized spacial score (nSPS) is 18.2. The standard InChI is InChI=1S/C20H23FN8O3/c21-17-11-14(19(28-8-5-22-24-28)27-9-10-32-20(27)31)1-2-18(17)26-6-3-16(4-7-26)29-12-15(13-30)23-25-29/h1-2,5,8,11-12,16,19,30H,3-4,6-7,9-10,13H2/t19-/m1/s1. The van der Waals surface area contributed by atoms with E-state index in [1.165, 1.54) is 21.8 Å². The number of hydrogen-bond acceptors (Lipinski definition) is 8. The van der Waals surface area contributed by atoms with Gasteiger partial charge in [-0.25, -0.2) is 18.5 Å². The highest BCUT2D eigenvalue weighted by atomic mass is 19.1. The summed E-state index contributed by atoms with van der Waals surface area (Å²) in [5.74, 6) is -0.359. The van der Waals surface area contributed by atoms with E-state index >= 15 is 4.39 Å². The molecule has 4 heterocycles. The van der Waals surface area contributed by atoms with Crippen LogP contribution in [0.3, 0.4) is 0 Å². The molecule has 0 saturated carbocycles. The van der Waals surface area contributed by atoms with Gasteiger partial charge in [-0.15, -0.1) is 10.2 Å². The highest BCUT2D eigenvalue weighted by Gasteiger charge is 2.33. The maximum absolute atomic E-state index is 15.2. The fourth-order valence-electron chi connectivity index (χ4n) is 4.33. The Bertz CT molecular complexity index is 1080. The number of cyclic esters (lactones) is 1. The van der Waals surface area contributed by atoms with Crippen LogP contribution in [-0.4, -0.2) is 72.3 Å². The predicted octanol–water partition coefficient (Wildman–Crippen LogP) is 1.34. The zero-order chi connectivity index (χ0) is 22.1. The first-order chi connectivity index (χ1) is 15.6. The van der Waals surface area contributed by atoms with Crippen molar-refractivity contribution >= 4 is 11.8 Å². The van der Waals surface area contributed by atoms with Crippen LogP contribution in [0.2, 0.25) is 0 Å². The van der Waals surface area contributed by atoms with Crippen molar-refractivity contribution in [2.75, 3.05) is 31.1 Å². The molecular weight excluding hydrogens is 419 g/mol. The van der Waals surface area contributed by atoms with Crippen molar-refractivity contribution < 1.29 is 19.0 Å². The number of benzene rings is 1. The van der Waals surface area contributed by atoms with E-state index in [2.05, 4.69) is 20.6 Å². The smallest absolute Gasteiger partial charge is 0.411 e. The first-order valence-corrected chi connectivity index (χ1v) is 10.5. The maximum atomic E-state index is 15.2. The number of amides is 1. The Kier molecular flexibility index (Phi) is 5.43. The third-order valence-corrected chi connectivity index (χ3v) is 5.95. The molecule has 0 bridgehead atoms. The number of carbonyl (C=O) groups excluding carboxylic acids is 1. The van der Waals surface area contributed by atoms with E-state index in [1.807, 2.05) is 11.0 Å². The number of aromatic nitrogens is 6. The molecule has 1 atom stereocenters. The third kappa shape index (κ3) is 3.77. The highest BCUT2D eigenvalue weighted by molar-refractivity contribution is 5.70. The Morgan fingerprint density at radius 3 is 2.69 bits per heavy atom. The van der Waals surface area contributed by atoms with E-state index in [0.29, 0.717) is 36.6 Å². The molecule has 0 spiro atoms.